The van der Waals surface area contributed by atoms with Gasteiger partial charge in [-0.1, -0.05) is 5.92 Å². The van der Waals surface area contributed by atoms with Crippen LogP contribution in [0.1, 0.15) is 20.8 Å². The average Bonchev–Trinajstić information content (AvgIpc) is 2.10. The van der Waals surface area contributed by atoms with Gasteiger partial charge in [-0.2, -0.15) is 0 Å². The highest BCUT2D eigenvalue weighted by atomic mass is 16.6. The molecule has 3 heteroatoms. The molecule has 0 radical (unpaired) electrons. The van der Waals surface area contributed by atoms with E-state index in [-0.39, 0.29) is 24.3 Å². The molecule has 14 heavy (non-hydrogen) atoms. The van der Waals surface area contributed by atoms with E-state index in [1.165, 1.54) is 6.92 Å². The summed E-state index contributed by atoms with van der Waals surface area (Å²) >= 11 is 0. The van der Waals surface area contributed by atoms with Gasteiger partial charge in [-0.15, -0.1) is 5.92 Å². The fourth-order valence-electron chi connectivity index (χ4n) is 1.27. The van der Waals surface area contributed by atoms with Gasteiger partial charge >= 0.3 is 5.97 Å². The lowest BCUT2D eigenvalue weighted by atomic mass is 10.1. The molecular formula is C11H14O3. The van der Waals surface area contributed by atoms with Crippen LogP contribution in [0.3, 0.4) is 0 Å². The first-order valence-corrected chi connectivity index (χ1v) is 4.56. The Morgan fingerprint density at radius 3 is 2.71 bits per heavy atom. The summed E-state index contributed by atoms with van der Waals surface area (Å²) in [6, 6.07) is 0. The average molecular weight is 194 g/mol. The third kappa shape index (κ3) is 2.90. The molecule has 0 saturated heterocycles. The first-order valence-electron chi connectivity index (χ1n) is 4.56. The van der Waals surface area contributed by atoms with Crippen molar-refractivity contribution in [2.75, 3.05) is 0 Å². The fourth-order valence-corrected chi connectivity index (χ4v) is 1.27. The quantitative estimate of drug-likeness (QED) is 0.358. The topological polar surface area (TPSA) is 35.5 Å². The molecule has 0 N–H and O–H groups in total. The van der Waals surface area contributed by atoms with Crippen molar-refractivity contribution in [3.8, 4) is 11.8 Å². The Balaban J connectivity index is 2.61. The van der Waals surface area contributed by atoms with E-state index in [1.54, 1.807) is 6.92 Å². The molecule has 0 spiro atoms. The first-order chi connectivity index (χ1) is 6.63. The van der Waals surface area contributed by atoms with Gasteiger partial charge in [0.25, 0.3) is 0 Å². The minimum Gasteiger partial charge on any atom is -0.456 e. The van der Waals surface area contributed by atoms with E-state index in [0.717, 1.165) is 0 Å². The van der Waals surface area contributed by atoms with Gasteiger partial charge in [-0.05, 0) is 26.0 Å². The highest BCUT2D eigenvalue weighted by molar-refractivity contribution is 5.66. The third-order valence-electron chi connectivity index (χ3n) is 1.89. The van der Waals surface area contributed by atoms with E-state index in [9.17, 15) is 4.79 Å². The molecule has 1 rings (SSSR count). The number of carbonyl (C=O) groups excluding carboxylic acids is 1. The van der Waals surface area contributed by atoms with Crippen LogP contribution in [0.25, 0.3) is 0 Å². The van der Waals surface area contributed by atoms with Crippen molar-refractivity contribution >= 4 is 5.97 Å². The lowest BCUT2D eigenvalue weighted by Gasteiger charge is -2.27. The standard InChI is InChI=1S/C11H14O3/c1-4-5-10-6-7-11(8(2)13-10)14-9(3)12/h6-8,10-11H,1-3H3/t8-,10+,11+/m0/s1. The molecule has 0 aromatic heterocycles. The van der Waals surface area contributed by atoms with Gasteiger partial charge in [-0.25, -0.2) is 0 Å². The Labute approximate surface area is 84.1 Å². The predicted octanol–water partition coefficient (Wildman–Crippen LogP) is 1.28. The molecule has 0 fully saturated rings. The molecule has 76 valence electrons. The molecule has 1 heterocycles. The van der Waals surface area contributed by atoms with Gasteiger partial charge in [0.1, 0.15) is 12.2 Å². The Morgan fingerprint density at radius 1 is 1.50 bits per heavy atom. The van der Waals surface area contributed by atoms with E-state index < -0.39 is 0 Å². The molecule has 3 atom stereocenters. The molecule has 0 bridgehead atoms. The number of hydrogen-bond donors (Lipinski definition) is 0. The lowest BCUT2D eigenvalue weighted by molar-refractivity contribution is -0.151. The van der Waals surface area contributed by atoms with Crippen LogP contribution in [0.2, 0.25) is 0 Å². The zero-order chi connectivity index (χ0) is 10.6. The largest absolute Gasteiger partial charge is 0.456 e. The van der Waals surface area contributed by atoms with Crippen molar-refractivity contribution in [3.05, 3.63) is 12.2 Å². The summed E-state index contributed by atoms with van der Waals surface area (Å²) in [7, 11) is 0. The second kappa shape index (κ2) is 4.83. The van der Waals surface area contributed by atoms with Crippen LogP contribution < -0.4 is 0 Å². The maximum Gasteiger partial charge on any atom is 0.303 e. The zero-order valence-electron chi connectivity index (χ0n) is 8.61. The maximum absolute atomic E-state index is 10.7. The Hall–Kier alpha value is -1.27. The van der Waals surface area contributed by atoms with Crippen LogP contribution in [0, 0.1) is 11.8 Å². The molecule has 0 unspecified atom stereocenters. The summed E-state index contributed by atoms with van der Waals surface area (Å²) < 4.78 is 10.5. The van der Waals surface area contributed by atoms with Gasteiger partial charge < -0.3 is 9.47 Å². The number of esters is 1. The number of rotatable bonds is 1. The van der Waals surface area contributed by atoms with Crippen LogP contribution in [-0.4, -0.2) is 24.3 Å². The monoisotopic (exact) mass is 194 g/mol. The van der Waals surface area contributed by atoms with E-state index in [2.05, 4.69) is 11.8 Å². The smallest absolute Gasteiger partial charge is 0.303 e. The molecule has 0 amide bonds. The van der Waals surface area contributed by atoms with Gasteiger partial charge in [0.2, 0.25) is 0 Å². The van der Waals surface area contributed by atoms with Crippen molar-refractivity contribution in [2.45, 2.75) is 39.1 Å². The maximum atomic E-state index is 10.7. The lowest BCUT2D eigenvalue weighted by Crippen LogP contribution is -2.35. The van der Waals surface area contributed by atoms with Crippen molar-refractivity contribution < 1.29 is 14.3 Å². The Morgan fingerprint density at radius 2 is 2.21 bits per heavy atom. The highest BCUT2D eigenvalue weighted by Gasteiger charge is 2.24. The zero-order valence-corrected chi connectivity index (χ0v) is 8.61. The van der Waals surface area contributed by atoms with Crippen LogP contribution >= 0.6 is 0 Å². The van der Waals surface area contributed by atoms with Gasteiger partial charge in [-0.3, -0.25) is 4.79 Å². The summed E-state index contributed by atoms with van der Waals surface area (Å²) in [5.74, 6) is 5.37. The molecule has 0 aromatic rings. The van der Waals surface area contributed by atoms with Crippen molar-refractivity contribution in [2.24, 2.45) is 0 Å². The molecule has 3 nitrogen and oxygen atoms in total. The summed E-state index contributed by atoms with van der Waals surface area (Å²) in [4.78, 5) is 10.7. The highest BCUT2D eigenvalue weighted by Crippen LogP contribution is 2.15. The Bertz CT molecular complexity index is 295. The fraction of sp³-hybridized carbons (Fsp3) is 0.545. The summed E-state index contributed by atoms with van der Waals surface area (Å²) in [5.41, 5.74) is 0. The molecule has 1 aliphatic heterocycles. The molecule has 0 aliphatic carbocycles. The van der Waals surface area contributed by atoms with Crippen LogP contribution in [0.4, 0.5) is 0 Å². The van der Waals surface area contributed by atoms with Gasteiger partial charge in [0, 0.05) is 6.92 Å². The number of ether oxygens (including phenoxy) is 2. The first kappa shape index (κ1) is 10.8. The summed E-state index contributed by atoms with van der Waals surface area (Å²) in [5, 5.41) is 0. The van der Waals surface area contributed by atoms with E-state index >= 15 is 0 Å². The molecular weight excluding hydrogens is 180 g/mol. The number of carbonyl (C=O) groups is 1. The van der Waals surface area contributed by atoms with Crippen LogP contribution in [0.15, 0.2) is 12.2 Å². The van der Waals surface area contributed by atoms with Gasteiger partial charge in [0.15, 0.2) is 0 Å². The molecule has 0 aromatic carbocycles. The van der Waals surface area contributed by atoms with E-state index in [4.69, 9.17) is 9.47 Å². The normalized spacial score (nSPS) is 30.4. The Kier molecular flexibility index (Phi) is 3.73. The van der Waals surface area contributed by atoms with E-state index in [0.29, 0.717) is 0 Å². The second-order valence-electron chi connectivity index (χ2n) is 3.12. The van der Waals surface area contributed by atoms with Crippen molar-refractivity contribution in [3.63, 3.8) is 0 Å². The molecule has 0 saturated carbocycles. The second-order valence-corrected chi connectivity index (χ2v) is 3.12. The van der Waals surface area contributed by atoms with Crippen molar-refractivity contribution in [1.82, 2.24) is 0 Å². The summed E-state index contributed by atoms with van der Waals surface area (Å²) in [6.07, 6.45) is 3.02. The van der Waals surface area contributed by atoms with E-state index in [1.807, 2.05) is 19.1 Å². The van der Waals surface area contributed by atoms with Crippen LogP contribution in [-0.2, 0) is 14.3 Å². The molecule has 1 aliphatic rings. The third-order valence-corrected chi connectivity index (χ3v) is 1.89. The van der Waals surface area contributed by atoms with Gasteiger partial charge in [0.05, 0.1) is 6.10 Å². The predicted molar refractivity (Wildman–Crippen MR) is 52.5 cm³/mol. The minimum absolute atomic E-state index is 0.144. The number of hydrogen-bond acceptors (Lipinski definition) is 3. The summed E-state index contributed by atoms with van der Waals surface area (Å²) in [6.45, 7) is 5.01. The minimum atomic E-state index is -0.296. The SMILES string of the molecule is CC#C[C@@H]1C=C[C@@H](OC(C)=O)[C@H](C)O1. The van der Waals surface area contributed by atoms with Crippen LogP contribution in [0.5, 0.6) is 0 Å². The van der Waals surface area contributed by atoms with Crippen molar-refractivity contribution in [1.29, 1.82) is 0 Å².